The molecule has 2 amide bonds. The van der Waals surface area contributed by atoms with Gasteiger partial charge in [0.05, 0.1) is 12.9 Å². The van der Waals surface area contributed by atoms with Gasteiger partial charge in [0.25, 0.3) is 11.8 Å². The van der Waals surface area contributed by atoms with Crippen LogP contribution in [0.1, 0.15) is 15.9 Å². The van der Waals surface area contributed by atoms with Crippen LogP contribution in [0, 0.1) is 0 Å². The summed E-state index contributed by atoms with van der Waals surface area (Å²) >= 11 is 1.29. The average Bonchev–Trinajstić information content (AvgIpc) is 2.83. The van der Waals surface area contributed by atoms with Crippen molar-refractivity contribution < 1.29 is 19.1 Å². The number of carbonyl (C=O) groups excluding carboxylic acids is 3. The van der Waals surface area contributed by atoms with E-state index >= 15 is 0 Å². The molecule has 2 aromatic carbocycles. The zero-order chi connectivity index (χ0) is 22.8. The third kappa shape index (κ3) is 6.82. The number of anilines is 1. The van der Waals surface area contributed by atoms with Crippen molar-refractivity contribution in [2.45, 2.75) is 4.90 Å². The van der Waals surface area contributed by atoms with Crippen molar-refractivity contribution in [1.29, 1.82) is 0 Å². The van der Waals surface area contributed by atoms with Crippen LogP contribution in [0.4, 0.5) is 5.69 Å². The summed E-state index contributed by atoms with van der Waals surface area (Å²) in [7, 11) is 1.33. The monoisotopic (exact) mass is 447 g/mol. The first-order valence-electron chi connectivity index (χ1n) is 9.64. The fraction of sp³-hybridized carbons (Fsp3) is 0.0833. The summed E-state index contributed by atoms with van der Waals surface area (Å²) in [4.78, 5) is 41.8. The molecule has 8 heteroatoms. The lowest BCUT2D eigenvalue weighted by Crippen LogP contribution is -2.30. The number of methoxy groups -OCH3 is 1. The first-order valence-corrected chi connectivity index (χ1v) is 10.6. The number of pyridine rings is 1. The first-order chi connectivity index (χ1) is 15.5. The second kappa shape index (κ2) is 11.5. The number of aromatic nitrogens is 1. The minimum absolute atomic E-state index is 0.0690. The quantitative estimate of drug-likeness (QED) is 0.310. The van der Waals surface area contributed by atoms with Crippen molar-refractivity contribution in [1.82, 2.24) is 10.3 Å². The molecule has 162 valence electrons. The molecule has 7 nitrogen and oxygen atoms in total. The topological polar surface area (TPSA) is 97.4 Å². The van der Waals surface area contributed by atoms with Gasteiger partial charge in [0.2, 0.25) is 0 Å². The van der Waals surface area contributed by atoms with Crippen LogP contribution in [0.25, 0.3) is 6.08 Å². The molecular weight excluding hydrogens is 426 g/mol. The van der Waals surface area contributed by atoms with E-state index in [1.54, 1.807) is 79.1 Å². The summed E-state index contributed by atoms with van der Waals surface area (Å²) in [5.41, 5.74) is 1.68. The zero-order valence-corrected chi connectivity index (χ0v) is 18.1. The molecule has 0 bridgehead atoms. The van der Waals surface area contributed by atoms with Crippen molar-refractivity contribution in [2.24, 2.45) is 0 Å². The van der Waals surface area contributed by atoms with Crippen molar-refractivity contribution in [3.05, 3.63) is 95.9 Å². The fourth-order valence-electron chi connectivity index (χ4n) is 2.63. The first kappa shape index (κ1) is 22.8. The summed E-state index contributed by atoms with van der Waals surface area (Å²) in [6.07, 6.45) is 4.77. The van der Waals surface area contributed by atoms with E-state index in [2.05, 4.69) is 20.4 Å². The van der Waals surface area contributed by atoms with Gasteiger partial charge < -0.3 is 15.4 Å². The number of hydrogen-bond acceptors (Lipinski definition) is 6. The standard InChI is InChI=1S/C24H21N3O4S/c1-31-22(28)16-32-20-11-5-10-19(14-20)26-24(30)21(13-17-7-6-12-25-15-17)27-23(29)18-8-3-2-4-9-18/h2-15H,16H2,1H3,(H,26,30)(H,27,29)/b21-13+. The second-order valence-corrected chi connectivity index (χ2v) is 7.56. The zero-order valence-electron chi connectivity index (χ0n) is 17.3. The highest BCUT2D eigenvalue weighted by molar-refractivity contribution is 8.00. The number of amides is 2. The molecule has 0 spiro atoms. The fourth-order valence-corrected chi connectivity index (χ4v) is 3.42. The number of thioether (sulfide) groups is 1. The van der Waals surface area contributed by atoms with Gasteiger partial charge in [0, 0.05) is 28.5 Å². The highest BCUT2D eigenvalue weighted by Gasteiger charge is 2.15. The highest BCUT2D eigenvalue weighted by atomic mass is 32.2. The van der Waals surface area contributed by atoms with Gasteiger partial charge in [-0.15, -0.1) is 11.8 Å². The van der Waals surface area contributed by atoms with Crippen molar-refractivity contribution in [3.8, 4) is 0 Å². The Kier molecular flexibility index (Phi) is 8.16. The summed E-state index contributed by atoms with van der Waals surface area (Å²) < 4.78 is 4.65. The number of nitrogens with one attached hydrogen (secondary N) is 2. The van der Waals surface area contributed by atoms with Crippen LogP contribution in [-0.2, 0) is 14.3 Å². The number of ether oxygens (including phenoxy) is 1. The minimum Gasteiger partial charge on any atom is -0.468 e. The molecule has 2 N–H and O–H groups in total. The molecule has 0 saturated carbocycles. The number of rotatable bonds is 8. The molecular formula is C24H21N3O4S. The Morgan fingerprint density at radius 2 is 1.84 bits per heavy atom. The van der Waals surface area contributed by atoms with Crippen LogP contribution >= 0.6 is 11.8 Å². The van der Waals surface area contributed by atoms with Crippen LogP contribution in [0.15, 0.2) is 89.7 Å². The van der Waals surface area contributed by atoms with Gasteiger partial charge in [-0.05, 0) is 48.0 Å². The Morgan fingerprint density at radius 1 is 1.03 bits per heavy atom. The Labute approximate surface area is 189 Å². The van der Waals surface area contributed by atoms with Crippen LogP contribution in [0.3, 0.4) is 0 Å². The smallest absolute Gasteiger partial charge is 0.315 e. The van der Waals surface area contributed by atoms with Gasteiger partial charge in [-0.25, -0.2) is 0 Å². The highest BCUT2D eigenvalue weighted by Crippen LogP contribution is 2.22. The summed E-state index contributed by atoms with van der Waals surface area (Å²) in [5.74, 6) is -1.08. The molecule has 0 unspecified atom stereocenters. The third-order valence-corrected chi connectivity index (χ3v) is 5.17. The Bertz CT molecular complexity index is 1120. The lowest BCUT2D eigenvalue weighted by Gasteiger charge is -2.12. The molecule has 0 atom stereocenters. The lowest BCUT2D eigenvalue weighted by atomic mass is 10.2. The molecule has 3 rings (SSSR count). The predicted molar refractivity (Wildman–Crippen MR) is 124 cm³/mol. The number of benzene rings is 2. The number of esters is 1. The molecule has 3 aromatic rings. The third-order valence-electron chi connectivity index (χ3n) is 4.20. The lowest BCUT2D eigenvalue weighted by molar-refractivity contribution is -0.137. The van der Waals surface area contributed by atoms with E-state index in [1.165, 1.54) is 18.9 Å². The summed E-state index contributed by atoms with van der Waals surface area (Å²) in [5, 5.41) is 5.47. The summed E-state index contributed by atoms with van der Waals surface area (Å²) in [6, 6.07) is 19.2. The van der Waals surface area contributed by atoms with Gasteiger partial charge >= 0.3 is 5.97 Å². The van der Waals surface area contributed by atoms with Crippen LogP contribution in [-0.4, -0.2) is 35.6 Å². The van der Waals surface area contributed by atoms with E-state index in [0.717, 1.165) is 4.90 Å². The van der Waals surface area contributed by atoms with Gasteiger partial charge in [0.15, 0.2) is 0 Å². The Morgan fingerprint density at radius 3 is 2.56 bits per heavy atom. The van der Waals surface area contributed by atoms with Crippen molar-refractivity contribution in [2.75, 3.05) is 18.2 Å². The van der Waals surface area contributed by atoms with E-state index in [0.29, 0.717) is 16.8 Å². The number of nitrogens with zero attached hydrogens (tertiary/aromatic N) is 1. The maximum absolute atomic E-state index is 13.0. The molecule has 1 aromatic heterocycles. The van der Waals surface area contributed by atoms with Gasteiger partial charge in [-0.3, -0.25) is 19.4 Å². The molecule has 0 fully saturated rings. The van der Waals surface area contributed by atoms with Gasteiger partial charge in [-0.2, -0.15) is 0 Å². The van der Waals surface area contributed by atoms with E-state index < -0.39 is 11.8 Å². The molecule has 0 aliphatic carbocycles. The van der Waals surface area contributed by atoms with E-state index in [4.69, 9.17) is 0 Å². The average molecular weight is 448 g/mol. The molecule has 0 aliphatic heterocycles. The Hall–Kier alpha value is -3.91. The van der Waals surface area contributed by atoms with Crippen molar-refractivity contribution >= 4 is 41.3 Å². The van der Waals surface area contributed by atoms with Crippen molar-refractivity contribution in [3.63, 3.8) is 0 Å². The summed E-state index contributed by atoms with van der Waals surface area (Å²) in [6.45, 7) is 0. The molecule has 1 heterocycles. The predicted octanol–water partition coefficient (Wildman–Crippen LogP) is 3.76. The molecule has 0 radical (unpaired) electrons. The Balaban J connectivity index is 1.79. The molecule has 32 heavy (non-hydrogen) atoms. The maximum atomic E-state index is 13.0. The van der Waals surface area contributed by atoms with Gasteiger partial charge in [0.1, 0.15) is 5.70 Å². The van der Waals surface area contributed by atoms with Crippen LogP contribution < -0.4 is 10.6 Å². The van der Waals surface area contributed by atoms with E-state index in [1.807, 2.05) is 6.07 Å². The largest absolute Gasteiger partial charge is 0.468 e. The van der Waals surface area contributed by atoms with Crippen LogP contribution in [0.5, 0.6) is 0 Å². The maximum Gasteiger partial charge on any atom is 0.315 e. The number of hydrogen-bond donors (Lipinski definition) is 2. The second-order valence-electron chi connectivity index (χ2n) is 6.51. The number of carbonyl (C=O) groups is 3. The molecule has 0 saturated heterocycles. The van der Waals surface area contributed by atoms with Gasteiger partial charge in [-0.1, -0.05) is 30.3 Å². The normalized spacial score (nSPS) is 10.8. The SMILES string of the molecule is COC(=O)CSc1cccc(NC(=O)/C(=C\c2cccnc2)NC(=O)c2ccccc2)c1. The van der Waals surface area contributed by atoms with Crippen LogP contribution in [0.2, 0.25) is 0 Å². The van der Waals surface area contributed by atoms with E-state index in [-0.39, 0.29) is 17.4 Å². The van der Waals surface area contributed by atoms with E-state index in [9.17, 15) is 14.4 Å². The molecule has 0 aliphatic rings. The minimum atomic E-state index is -0.492.